The number of fused-ring (bicyclic) bond motifs is 3. The fraction of sp³-hybridized carbons (Fsp3) is 0.273. The predicted molar refractivity (Wildman–Crippen MR) is 101 cm³/mol. The Labute approximate surface area is 143 Å². The molecule has 0 saturated heterocycles. The number of nitrogens with zero attached hydrogens (tertiary/aromatic N) is 1. The van der Waals surface area contributed by atoms with Gasteiger partial charge in [0, 0.05) is 46.3 Å². The molecule has 1 aliphatic rings. The standard InChI is InChI=1S/C22H23NO/c1-5-9-16-14(3)23(4)20-12-19-15(6-2)17-10-7-8-11-21(17)24-22(19)13-18(16)20/h5,7-13,15H,6H2,1-4H3/b9-5-. The molecule has 0 amide bonds. The molecule has 1 atom stereocenters. The predicted octanol–water partition coefficient (Wildman–Crippen LogP) is 6.17. The van der Waals surface area contributed by atoms with Gasteiger partial charge in [0.15, 0.2) is 0 Å². The highest BCUT2D eigenvalue weighted by molar-refractivity contribution is 5.93. The van der Waals surface area contributed by atoms with Crippen LogP contribution in [0.5, 0.6) is 11.5 Å². The van der Waals surface area contributed by atoms with Gasteiger partial charge in [0.25, 0.3) is 0 Å². The lowest BCUT2D eigenvalue weighted by Crippen LogP contribution is -2.09. The maximum absolute atomic E-state index is 6.27. The van der Waals surface area contributed by atoms with E-state index in [9.17, 15) is 0 Å². The summed E-state index contributed by atoms with van der Waals surface area (Å²) in [5.74, 6) is 2.40. The second kappa shape index (κ2) is 5.55. The molecule has 4 rings (SSSR count). The van der Waals surface area contributed by atoms with Gasteiger partial charge >= 0.3 is 0 Å². The molecule has 1 aliphatic heterocycles. The number of hydrogen-bond acceptors (Lipinski definition) is 1. The van der Waals surface area contributed by atoms with Crippen LogP contribution < -0.4 is 4.74 Å². The Morgan fingerprint density at radius 3 is 2.67 bits per heavy atom. The van der Waals surface area contributed by atoms with E-state index in [2.05, 4.69) is 74.9 Å². The summed E-state index contributed by atoms with van der Waals surface area (Å²) in [6.07, 6.45) is 5.37. The summed E-state index contributed by atoms with van der Waals surface area (Å²) < 4.78 is 8.56. The van der Waals surface area contributed by atoms with Crippen LogP contribution in [-0.2, 0) is 7.05 Å². The van der Waals surface area contributed by atoms with Crippen LogP contribution in [0.3, 0.4) is 0 Å². The van der Waals surface area contributed by atoms with Gasteiger partial charge in [-0.15, -0.1) is 0 Å². The summed E-state index contributed by atoms with van der Waals surface area (Å²) in [5.41, 5.74) is 6.45. The molecule has 1 unspecified atom stereocenters. The minimum absolute atomic E-state index is 0.398. The average molecular weight is 317 g/mol. The maximum atomic E-state index is 6.27. The number of allylic oxidation sites excluding steroid dienone is 1. The van der Waals surface area contributed by atoms with Crippen LogP contribution in [0.25, 0.3) is 17.0 Å². The highest BCUT2D eigenvalue weighted by Gasteiger charge is 2.27. The van der Waals surface area contributed by atoms with Crippen molar-refractivity contribution in [1.82, 2.24) is 4.57 Å². The number of aryl methyl sites for hydroxylation is 1. The lowest BCUT2D eigenvalue weighted by Gasteiger charge is -2.27. The number of hydrogen-bond donors (Lipinski definition) is 0. The van der Waals surface area contributed by atoms with E-state index in [1.54, 1.807) is 0 Å². The van der Waals surface area contributed by atoms with Crippen LogP contribution in [0.4, 0.5) is 0 Å². The lowest BCUT2D eigenvalue weighted by atomic mass is 9.85. The van der Waals surface area contributed by atoms with Crippen molar-refractivity contribution in [3.63, 3.8) is 0 Å². The Bertz CT molecular complexity index is 962. The molecule has 3 aromatic rings. The average Bonchev–Trinajstić information content (AvgIpc) is 2.83. The van der Waals surface area contributed by atoms with Gasteiger partial charge in [-0.05, 0) is 38.5 Å². The molecule has 0 aliphatic carbocycles. The molecule has 122 valence electrons. The Kier molecular flexibility index (Phi) is 3.49. The van der Waals surface area contributed by atoms with Gasteiger partial charge in [-0.2, -0.15) is 0 Å². The first-order chi connectivity index (χ1) is 11.7. The molecular weight excluding hydrogens is 294 g/mol. The molecule has 2 heterocycles. The molecule has 1 aromatic heterocycles. The zero-order valence-corrected chi connectivity index (χ0v) is 14.8. The smallest absolute Gasteiger partial charge is 0.132 e. The van der Waals surface area contributed by atoms with Crippen molar-refractivity contribution in [1.29, 1.82) is 0 Å². The fourth-order valence-corrected chi connectivity index (χ4v) is 3.96. The summed E-state index contributed by atoms with van der Waals surface area (Å²) in [5, 5.41) is 1.26. The van der Waals surface area contributed by atoms with Crippen LogP contribution in [0, 0.1) is 6.92 Å². The molecule has 0 radical (unpaired) electrons. The third kappa shape index (κ3) is 2.02. The van der Waals surface area contributed by atoms with Gasteiger partial charge < -0.3 is 9.30 Å². The van der Waals surface area contributed by atoms with Gasteiger partial charge in [0.2, 0.25) is 0 Å². The summed E-state index contributed by atoms with van der Waals surface area (Å²) in [7, 11) is 2.15. The Morgan fingerprint density at radius 2 is 1.92 bits per heavy atom. The number of para-hydroxylation sites is 1. The van der Waals surface area contributed by atoms with Gasteiger partial charge in [-0.25, -0.2) is 0 Å². The van der Waals surface area contributed by atoms with Crippen molar-refractivity contribution < 1.29 is 4.74 Å². The normalized spacial score (nSPS) is 16.2. The van der Waals surface area contributed by atoms with Crippen molar-refractivity contribution in [2.75, 3.05) is 0 Å². The minimum atomic E-state index is 0.398. The molecule has 2 aromatic carbocycles. The fourth-order valence-electron chi connectivity index (χ4n) is 3.96. The van der Waals surface area contributed by atoms with Crippen molar-refractivity contribution in [3.8, 4) is 11.5 Å². The van der Waals surface area contributed by atoms with E-state index in [1.165, 1.54) is 33.3 Å². The van der Waals surface area contributed by atoms with E-state index in [0.717, 1.165) is 17.9 Å². The number of benzene rings is 2. The van der Waals surface area contributed by atoms with Gasteiger partial charge in [-0.3, -0.25) is 0 Å². The van der Waals surface area contributed by atoms with E-state index in [1.807, 2.05) is 6.07 Å². The Hall–Kier alpha value is -2.48. The van der Waals surface area contributed by atoms with Crippen molar-refractivity contribution in [2.45, 2.75) is 33.1 Å². The SMILES string of the molecule is C/C=C\c1c(C)n(C)c2cc3c(cc12)Oc1ccccc1C3CC. The third-order valence-corrected chi connectivity index (χ3v) is 5.30. The maximum Gasteiger partial charge on any atom is 0.132 e. The van der Waals surface area contributed by atoms with Crippen molar-refractivity contribution in [3.05, 3.63) is 64.9 Å². The molecule has 2 nitrogen and oxygen atoms in total. The molecule has 24 heavy (non-hydrogen) atoms. The quantitative estimate of drug-likeness (QED) is 0.551. The van der Waals surface area contributed by atoms with Gasteiger partial charge in [0.1, 0.15) is 11.5 Å². The highest BCUT2D eigenvalue weighted by atomic mass is 16.5. The first kappa shape index (κ1) is 15.1. The largest absolute Gasteiger partial charge is 0.457 e. The zero-order valence-electron chi connectivity index (χ0n) is 14.8. The van der Waals surface area contributed by atoms with E-state index in [0.29, 0.717) is 5.92 Å². The van der Waals surface area contributed by atoms with Crippen LogP contribution in [-0.4, -0.2) is 4.57 Å². The molecule has 0 fully saturated rings. The summed E-state index contributed by atoms with van der Waals surface area (Å²) in [6, 6.07) is 13.0. The van der Waals surface area contributed by atoms with Gasteiger partial charge in [-0.1, -0.05) is 37.3 Å². The molecule has 2 heteroatoms. The number of ether oxygens (including phenoxy) is 1. The first-order valence-corrected chi connectivity index (χ1v) is 8.68. The van der Waals surface area contributed by atoms with Gasteiger partial charge in [0.05, 0.1) is 0 Å². The molecule has 0 N–H and O–H groups in total. The van der Waals surface area contributed by atoms with E-state index >= 15 is 0 Å². The second-order valence-corrected chi connectivity index (χ2v) is 6.57. The Morgan fingerprint density at radius 1 is 1.12 bits per heavy atom. The van der Waals surface area contributed by atoms with Crippen LogP contribution in [0.1, 0.15) is 48.6 Å². The van der Waals surface area contributed by atoms with Crippen LogP contribution in [0.15, 0.2) is 42.5 Å². The monoisotopic (exact) mass is 317 g/mol. The van der Waals surface area contributed by atoms with Crippen molar-refractivity contribution in [2.24, 2.45) is 7.05 Å². The highest BCUT2D eigenvalue weighted by Crippen LogP contribution is 2.47. The molecule has 0 saturated carbocycles. The number of aromatic nitrogens is 1. The third-order valence-electron chi connectivity index (χ3n) is 5.30. The van der Waals surface area contributed by atoms with E-state index < -0.39 is 0 Å². The van der Waals surface area contributed by atoms with E-state index in [-0.39, 0.29) is 0 Å². The zero-order chi connectivity index (χ0) is 16.8. The molecule has 0 bridgehead atoms. The Balaban J connectivity index is 2.01. The number of rotatable bonds is 2. The minimum Gasteiger partial charge on any atom is -0.457 e. The summed E-state index contributed by atoms with van der Waals surface area (Å²) >= 11 is 0. The first-order valence-electron chi connectivity index (χ1n) is 8.68. The molecule has 0 spiro atoms. The molecular formula is C22H23NO. The van der Waals surface area contributed by atoms with Crippen LogP contribution >= 0.6 is 0 Å². The summed E-state index contributed by atoms with van der Waals surface area (Å²) in [4.78, 5) is 0. The second-order valence-electron chi connectivity index (χ2n) is 6.57. The van der Waals surface area contributed by atoms with E-state index in [4.69, 9.17) is 4.74 Å². The van der Waals surface area contributed by atoms with Crippen LogP contribution in [0.2, 0.25) is 0 Å². The lowest BCUT2D eigenvalue weighted by molar-refractivity contribution is 0.444. The van der Waals surface area contributed by atoms with Crippen molar-refractivity contribution >= 4 is 17.0 Å². The topological polar surface area (TPSA) is 14.2 Å². The summed E-state index contributed by atoms with van der Waals surface area (Å²) in [6.45, 7) is 6.50.